The Morgan fingerprint density at radius 3 is 2.65 bits per heavy atom. The average molecular weight is 555 g/mol. The van der Waals surface area contributed by atoms with E-state index in [2.05, 4.69) is 10.1 Å². The molecular weight excluding hydrogens is 535 g/mol. The first-order valence-electron chi connectivity index (χ1n) is 9.14. The Labute approximate surface area is 199 Å². The van der Waals surface area contributed by atoms with Gasteiger partial charge in [0.2, 0.25) is 0 Å². The first-order valence-corrected chi connectivity index (χ1v) is 10.6. The Kier molecular flexibility index (Phi) is 9.15. The van der Waals surface area contributed by atoms with Crippen LogP contribution in [0.3, 0.4) is 0 Å². The minimum Gasteiger partial charge on any atom is -0.490 e. The molecule has 9 heteroatoms. The summed E-state index contributed by atoms with van der Waals surface area (Å²) in [6.45, 7) is 3.72. The number of methoxy groups -OCH3 is 1. The summed E-state index contributed by atoms with van der Waals surface area (Å²) >= 11 is 8.02. The summed E-state index contributed by atoms with van der Waals surface area (Å²) in [6, 6.07) is 10.4. The molecule has 0 unspecified atom stereocenters. The Hall–Kier alpha value is -2.77. The van der Waals surface area contributed by atoms with Gasteiger partial charge in [-0.25, -0.2) is 4.79 Å². The number of halogens is 2. The summed E-state index contributed by atoms with van der Waals surface area (Å²) in [6.07, 6.45) is 1.45. The normalized spacial score (nSPS) is 10.8. The minimum atomic E-state index is -0.563. The average Bonchev–Trinajstić information content (AvgIpc) is 2.73. The summed E-state index contributed by atoms with van der Waals surface area (Å²) in [5.41, 5.74) is 1.80. The van der Waals surface area contributed by atoms with Crippen molar-refractivity contribution >= 4 is 57.8 Å². The van der Waals surface area contributed by atoms with Crippen molar-refractivity contribution in [2.75, 3.05) is 25.6 Å². The highest BCUT2D eigenvalue weighted by molar-refractivity contribution is 14.1. The maximum Gasteiger partial charge on any atom is 0.343 e. The first kappa shape index (κ1) is 24.5. The second kappa shape index (κ2) is 11.6. The van der Waals surface area contributed by atoms with Crippen molar-refractivity contribution < 1.29 is 23.8 Å². The van der Waals surface area contributed by atoms with Crippen LogP contribution in [0.4, 0.5) is 5.69 Å². The van der Waals surface area contributed by atoms with Crippen molar-refractivity contribution in [3.05, 3.63) is 55.6 Å². The van der Waals surface area contributed by atoms with E-state index in [0.717, 1.165) is 5.56 Å². The van der Waals surface area contributed by atoms with E-state index in [1.54, 1.807) is 37.3 Å². The van der Waals surface area contributed by atoms with Crippen molar-refractivity contribution in [2.45, 2.75) is 13.8 Å². The van der Waals surface area contributed by atoms with Crippen LogP contribution in [0, 0.1) is 21.8 Å². The molecule has 0 aliphatic carbocycles. The van der Waals surface area contributed by atoms with Gasteiger partial charge < -0.3 is 19.5 Å². The van der Waals surface area contributed by atoms with Gasteiger partial charge in [0.15, 0.2) is 18.1 Å². The third kappa shape index (κ3) is 6.87. The molecule has 0 fully saturated rings. The lowest BCUT2D eigenvalue weighted by Crippen LogP contribution is -2.14. The van der Waals surface area contributed by atoms with E-state index in [1.807, 2.05) is 35.6 Å². The number of carbonyl (C=O) groups excluding carboxylic acids is 2. The van der Waals surface area contributed by atoms with Crippen molar-refractivity contribution in [1.82, 2.24) is 0 Å². The van der Waals surface area contributed by atoms with Gasteiger partial charge in [-0.05, 0) is 77.9 Å². The number of hydrogen-bond donors (Lipinski definition) is 1. The van der Waals surface area contributed by atoms with Gasteiger partial charge in [0.05, 0.1) is 17.3 Å². The zero-order valence-corrected chi connectivity index (χ0v) is 20.0. The molecule has 2 aromatic rings. The SMILES string of the molecule is CCOc1cc(/C=C(\C#N)C(=O)Nc2cc(Cl)ccc2C)cc(I)c1OCC(=O)OC. The molecule has 2 aromatic carbocycles. The predicted octanol–water partition coefficient (Wildman–Crippen LogP) is 4.75. The largest absolute Gasteiger partial charge is 0.490 e. The standard InChI is InChI=1S/C22H20ClIN2O5/c1-4-30-19-9-14(8-17(24)21(19)31-12-20(27)29-3)7-15(11-25)22(28)26-18-10-16(23)6-5-13(18)2/h5-10H,4,12H2,1-3H3,(H,26,28)/b15-7+. The molecule has 7 nitrogen and oxygen atoms in total. The fraction of sp³-hybridized carbons (Fsp3) is 0.227. The van der Waals surface area contributed by atoms with E-state index >= 15 is 0 Å². The van der Waals surface area contributed by atoms with Crippen molar-refractivity contribution in [3.63, 3.8) is 0 Å². The van der Waals surface area contributed by atoms with Gasteiger partial charge >= 0.3 is 5.97 Å². The Bertz CT molecular complexity index is 1060. The third-order valence-corrected chi connectivity index (χ3v) is 5.05. The second-order valence-corrected chi connectivity index (χ2v) is 7.81. The minimum absolute atomic E-state index is 0.0964. The number of nitrogens with one attached hydrogen (secondary N) is 1. The van der Waals surface area contributed by atoms with Crippen LogP contribution in [-0.4, -0.2) is 32.2 Å². The number of rotatable bonds is 8. The molecule has 1 amide bonds. The van der Waals surface area contributed by atoms with Crippen LogP contribution in [0.1, 0.15) is 18.1 Å². The summed E-state index contributed by atoms with van der Waals surface area (Å²) in [5.74, 6) is -0.329. The highest BCUT2D eigenvalue weighted by Gasteiger charge is 2.16. The van der Waals surface area contributed by atoms with E-state index in [1.165, 1.54) is 13.2 Å². The molecule has 0 aliphatic rings. The first-order chi connectivity index (χ1) is 14.8. The molecular formula is C22H20ClIN2O5. The van der Waals surface area contributed by atoms with Crippen molar-refractivity contribution in [2.24, 2.45) is 0 Å². The number of benzene rings is 2. The predicted molar refractivity (Wildman–Crippen MR) is 126 cm³/mol. The molecule has 0 heterocycles. The molecule has 0 bridgehead atoms. The van der Waals surface area contributed by atoms with E-state index in [4.69, 9.17) is 21.1 Å². The van der Waals surface area contributed by atoms with E-state index in [0.29, 0.717) is 37.9 Å². The van der Waals surface area contributed by atoms with Crippen LogP contribution in [0.15, 0.2) is 35.9 Å². The Morgan fingerprint density at radius 2 is 2.00 bits per heavy atom. The molecule has 0 aromatic heterocycles. The number of ether oxygens (including phenoxy) is 3. The molecule has 162 valence electrons. The smallest absolute Gasteiger partial charge is 0.343 e. The van der Waals surface area contributed by atoms with E-state index in [-0.39, 0.29) is 12.2 Å². The number of hydrogen-bond acceptors (Lipinski definition) is 6. The van der Waals surface area contributed by atoms with Gasteiger partial charge in [-0.15, -0.1) is 0 Å². The maximum absolute atomic E-state index is 12.6. The molecule has 2 rings (SSSR count). The van der Waals surface area contributed by atoms with Crippen molar-refractivity contribution in [1.29, 1.82) is 5.26 Å². The molecule has 1 N–H and O–H groups in total. The second-order valence-electron chi connectivity index (χ2n) is 6.21. The number of esters is 1. The number of aryl methyl sites for hydroxylation is 1. The van der Waals surface area contributed by atoms with Crippen molar-refractivity contribution in [3.8, 4) is 17.6 Å². The maximum atomic E-state index is 12.6. The fourth-order valence-corrected chi connectivity index (χ4v) is 3.45. The monoisotopic (exact) mass is 554 g/mol. The number of anilines is 1. The quantitative estimate of drug-likeness (QED) is 0.219. The lowest BCUT2D eigenvalue weighted by molar-refractivity contribution is -0.142. The summed E-state index contributed by atoms with van der Waals surface area (Å²) in [4.78, 5) is 24.0. The fourth-order valence-electron chi connectivity index (χ4n) is 2.50. The van der Waals surface area contributed by atoms with Crippen LogP contribution < -0.4 is 14.8 Å². The van der Waals surface area contributed by atoms with Crippen LogP contribution >= 0.6 is 34.2 Å². The summed E-state index contributed by atoms with van der Waals surface area (Å²) < 4.78 is 16.4. The Balaban J connectivity index is 2.34. The molecule has 31 heavy (non-hydrogen) atoms. The van der Waals surface area contributed by atoms with Crippen LogP contribution in [0.2, 0.25) is 5.02 Å². The highest BCUT2D eigenvalue weighted by atomic mass is 127. The number of nitrogens with zero attached hydrogens (tertiary/aromatic N) is 1. The van der Waals surface area contributed by atoms with Crippen LogP contribution in [0.25, 0.3) is 6.08 Å². The Morgan fingerprint density at radius 1 is 1.26 bits per heavy atom. The van der Waals surface area contributed by atoms with Gasteiger partial charge in [-0.1, -0.05) is 17.7 Å². The summed E-state index contributed by atoms with van der Waals surface area (Å²) in [5, 5.41) is 12.7. The zero-order chi connectivity index (χ0) is 23.0. The van der Waals surface area contributed by atoms with Crippen LogP contribution in [-0.2, 0) is 14.3 Å². The van der Waals surface area contributed by atoms with Crippen LogP contribution in [0.5, 0.6) is 11.5 Å². The lowest BCUT2D eigenvalue weighted by Gasteiger charge is -2.14. The van der Waals surface area contributed by atoms with Gasteiger partial charge in [-0.2, -0.15) is 5.26 Å². The van der Waals surface area contributed by atoms with E-state index in [9.17, 15) is 14.9 Å². The molecule has 0 aliphatic heterocycles. The third-order valence-electron chi connectivity index (χ3n) is 4.02. The van der Waals surface area contributed by atoms with E-state index < -0.39 is 11.9 Å². The molecule has 0 saturated heterocycles. The van der Waals surface area contributed by atoms with Gasteiger partial charge in [-0.3, -0.25) is 4.79 Å². The lowest BCUT2D eigenvalue weighted by atomic mass is 10.1. The van der Waals surface area contributed by atoms with Gasteiger partial charge in [0.25, 0.3) is 5.91 Å². The topological polar surface area (TPSA) is 97.6 Å². The molecule has 0 radical (unpaired) electrons. The zero-order valence-electron chi connectivity index (χ0n) is 17.1. The van der Waals surface area contributed by atoms with Gasteiger partial charge in [0, 0.05) is 10.7 Å². The summed E-state index contributed by atoms with van der Waals surface area (Å²) in [7, 11) is 1.27. The molecule has 0 saturated carbocycles. The number of amides is 1. The molecule has 0 atom stereocenters. The van der Waals surface area contributed by atoms with Gasteiger partial charge in [0.1, 0.15) is 11.6 Å². The molecule has 0 spiro atoms. The highest BCUT2D eigenvalue weighted by Crippen LogP contribution is 2.35. The number of carbonyl (C=O) groups is 2. The number of nitriles is 1.